The van der Waals surface area contributed by atoms with Crippen LogP contribution in [0.5, 0.6) is 11.6 Å². The largest absolute Gasteiger partial charge is 0.439 e. The number of halogens is 1. The third-order valence-electron chi connectivity index (χ3n) is 5.67. The van der Waals surface area contributed by atoms with E-state index in [1.807, 2.05) is 0 Å². The Hall–Kier alpha value is -4.11. The maximum atomic E-state index is 13.0. The number of hydrogen-bond acceptors (Lipinski definition) is 6. The molecule has 0 radical (unpaired) electrons. The Bertz CT molecular complexity index is 1250. The summed E-state index contributed by atoms with van der Waals surface area (Å²) in [5, 5.41) is 2.71. The highest BCUT2D eigenvalue weighted by Gasteiger charge is 2.37. The summed E-state index contributed by atoms with van der Waals surface area (Å²) in [7, 11) is 0. The molecule has 2 aromatic carbocycles. The van der Waals surface area contributed by atoms with Crippen molar-refractivity contribution in [1.29, 1.82) is 0 Å². The quantitative estimate of drug-likeness (QED) is 0.557. The first-order chi connectivity index (χ1) is 16.5. The number of fused-ring (bicyclic) bond motifs is 1. The average Bonchev–Trinajstić information content (AvgIpc) is 3.44. The first-order valence-corrected chi connectivity index (χ1v) is 10.8. The number of imide groups is 1. The zero-order chi connectivity index (χ0) is 23.7. The molecule has 172 valence electrons. The highest BCUT2D eigenvalue weighted by atomic mass is 19.1. The fourth-order valence-electron chi connectivity index (χ4n) is 3.93. The second kappa shape index (κ2) is 9.03. The Balaban J connectivity index is 1.25. The number of carbonyl (C=O) groups excluding carboxylic acids is 3. The van der Waals surface area contributed by atoms with Gasteiger partial charge < -0.3 is 14.8 Å². The van der Waals surface area contributed by atoms with Crippen molar-refractivity contribution in [2.24, 2.45) is 0 Å². The minimum absolute atomic E-state index is 0.146. The highest BCUT2D eigenvalue weighted by Crippen LogP contribution is 2.27. The molecule has 3 heterocycles. The number of anilines is 1. The fourth-order valence-corrected chi connectivity index (χ4v) is 3.93. The molecule has 3 amide bonds. The summed E-state index contributed by atoms with van der Waals surface area (Å²) in [6.45, 7) is 0.845. The molecule has 0 bridgehead atoms. The zero-order valence-corrected chi connectivity index (χ0v) is 18.0. The standard InChI is InChI=1S/C25H20FN3O5/c26-16-4-7-18(8-5-16)34-22-10-6-17(13-27-22)28-23(30)15-3-9-20-21(12-15)25(32)29(24(20)31)14-19-2-1-11-33-19/h3-10,12-13,19H,1-2,11,14H2,(H,28,30). The van der Waals surface area contributed by atoms with Gasteiger partial charge in [0, 0.05) is 18.2 Å². The Morgan fingerprint density at radius 1 is 1.09 bits per heavy atom. The highest BCUT2D eigenvalue weighted by molar-refractivity contribution is 6.22. The molecule has 1 atom stereocenters. The monoisotopic (exact) mass is 461 g/mol. The number of benzene rings is 2. The molecule has 34 heavy (non-hydrogen) atoms. The van der Waals surface area contributed by atoms with Crippen molar-refractivity contribution >= 4 is 23.4 Å². The molecule has 9 heteroatoms. The third-order valence-corrected chi connectivity index (χ3v) is 5.67. The summed E-state index contributed by atoms with van der Waals surface area (Å²) in [6, 6.07) is 13.1. The summed E-state index contributed by atoms with van der Waals surface area (Å²) in [5.41, 5.74) is 1.14. The van der Waals surface area contributed by atoms with E-state index in [1.165, 1.54) is 53.6 Å². The van der Waals surface area contributed by atoms with Crippen molar-refractivity contribution in [3.63, 3.8) is 0 Å². The van der Waals surface area contributed by atoms with E-state index < -0.39 is 11.8 Å². The number of ether oxygens (including phenoxy) is 2. The van der Waals surface area contributed by atoms with Crippen LogP contribution in [0.4, 0.5) is 10.1 Å². The predicted molar refractivity (Wildman–Crippen MR) is 119 cm³/mol. The van der Waals surface area contributed by atoms with Crippen LogP contribution in [0, 0.1) is 5.82 Å². The van der Waals surface area contributed by atoms with E-state index >= 15 is 0 Å². The van der Waals surface area contributed by atoms with Crippen LogP contribution in [0.15, 0.2) is 60.8 Å². The van der Waals surface area contributed by atoms with Gasteiger partial charge in [-0.2, -0.15) is 0 Å². The first-order valence-electron chi connectivity index (χ1n) is 10.8. The lowest BCUT2D eigenvalue weighted by Crippen LogP contribution is -2.36. The Morgan fingerprint density at radius 2 is 1.88 bits per heavy atom. The van der Waals surface area contributed by atoms with Gasteiger partial charge in [-0.15, -0.1) is 0 Å². The topological polar surface area (TPSA) is 97.8 Å². The summed E-state index contributed by atoms with van der Waals surface area (Å²) < 4.78 is 24.1. The molecule has 0 aliphatic carbocycles. The summed E-state index contributed by atoms with van der Waals surface area (Å²) in [6.07, 6.45) is 2.99. The lowest BCUT2D eigenvalue weighted by molar-refractivity contribution is 0.0475. The van der Waals surface area contributed by atoms with E-state index in [-0.39, 0.29) is 46.9 Å². The van der Waals surface area contributed by atoms with Crippen molar-refractivity contribution < 1.29 is 28.2 Å². The zero-order valence-electron chi connectivity index (χ0n) is 18.0. The second-order valence-corrected chi connectivity index (χ2v) is 8.01. The molecule has 8 nitrogen and oxygen atoms in total. The van der Waals surface area contributed by atoms with Gasteiger partial charge in [0.15, 0.2) is 0 Å². The molecule has 1 aromatic heterocycles. The fraction of sp³-hybridized carbons (Fsp3) is 0.200. The number of pyridine rings is 1. The summed E-state index contributed by atoms with van der Waals surface area (Å²) in [4.78, 5) is 43.5. The van der Waals surface area contributed by atoms with Crippen molar-refractivity contribution in [2.75, 3.05) is 18.5 Å². The number of rotatable bonds is 6. The Morgan fingerprint density at radius 3 is 2.59 bits per heavy atom. The van der Waals surface area contributed by atoms with E-state index in [0.29, 0.717) is 18.0 Å². The van der Waals surface area contributed by atoms with Crippen molar-refractivity contribution in [3.05, 3.63) is 83.3 Å². The third kappa shape index (κ3) is 4.38. The maximum absolute atomic E-state index is 13.0. The van der Waals surface area contributed by atoms with Crippen LogP contribution >= 0.6 is 0 Å². The molecule has 5 rings (SSSR count). The molecule has 2 aliphatic heterocycles. The molecule has 0 spiro atoms. The van der Waals surface area contributed by atoms with Crippen LogP contribution in [0.25, 0.3) is 0 Å². The Labute approximate surface area is 194 Å². The van der Waals surface area contributed by atoms with E-state index in [4.69, 9.17) is 9.47 Å². The number of amides is 3. The van der Waals surface area contributed by atoms with E-state index in [1.54, 1.807) is 12.1 Å². The smallest absolute Gasteiger partial charge is 0.261 e. The molecule has 1 fully saturated rings. The maximum Gasteiger partial charge on any atom is 0.261 e. The van der Waals surface area contributed by atoms with Gasteiger partial charge in [0.1, 0.15) is 11.6 Å². The molecule has 3 aromatic rings. The molecule has 1 saturated heterocycles. The summed E-state index contributed by atoms with van der Waals surface area (Å²) in [5.74, 6) is -0.909. The molecule has 0 saturated carbocycles. The van der Waals surface area contributed by atoms with Gasteiger partial charge >= 0.3 is 0 Å². The van der Waals surface area contributed by atoms with Crippen LogP contribution in [0.1, 0.15) is 43.9 Å². The minimum atomic E-state index is -0.449. The van der Waals surface area contributed by atoms with Crippen LogP contribution in [-0.4, -0.2) is 46.9 Å². The second-order valence-electron chi connectivity index (χ2n) is 8.01. The normalized spacial score (nSPS) is 17.1. The lowest BCUT2D eigenvalue weighted by atomic mass is 10.1. The number of nitrogens with zero attached hydrogens (tertiary/aromatic N) is 2. The molecular formula is C25H20FN3O5. The van der Waals surface area contributed by atoms with Crippen LogP contribution in [0.2, 0.25) is 0 Å². The van der Waals surface area contributed by atoms with Gasteiger partial charge in [-0.25, -0.2) is 9.37 Å². The summed E-state index contributed by atoms with van der Waals surface area (Å²) >= 11 is 0. The lowest BCUT2D eigenvalue weighted by Gasteiger charge is -2.17. The van der Waals surface area contributed by atoms with Gasteiger partial charge in [-0.1, -0.05) is 0 Å². The van der Waals surface area contributed by atoms with Crippen molar-refractivity contribution in [3.8, 4) is 11.6 Å². The van der Waals surface area contributed by atoms with E-state index in [2.05, 4.69) is 10.3 Å². The van der Waals surface area contributed by atoms with E-state index in [0.717, 1.165) is 12.8 Å². The molecular weight excluding hydrogens is 441 g/mol. The minimum Gasteiger partial charge on any atom is -0.439 e. The van der Waals surface area contributed by atoms with Gasteiger partial charge in [0.05, 0.1) is 35.7 Å². The van der Waals surface area contributed by atoms with Crippen molar-refractivity contribution in [1.82, 2.24) is 9.88 Å². The molecule has 1 unspecified atom stereocenters. The number of carbonyl (C=O) groups is 3. The predicted octanol–water partition coefficient (Wildman–Crippen LogP) is 4.04. The van der Waals surface area contributed by atoms with Crippen molar-refractivity contribution in [2.45, 2.75) is 18.9 Å². The molecule has 2 aliphatic rings. The van der Waals surface area contributed by atoms with Gasteiger partial charge in [-0.05, 0) is 61.4 Å². The van der Waals surface area contributed by atoms with Crippen LogP contribution in [0.3, 0.4) is 0 Å². The van der Waals surface area contributed by atoms with Crippen LogP contribution < -0.4 is 10.1 Å². The Kier molecular flexibility index (Phi) is 5.77. The van der Waals surface area contributed by atoms with Gasteiger partial charge in [-0.3, -0.25) is 19.3 Å². The number of hydrogen-bond donors (Lipinski definition) is 1. The van der Waals surface area contributed by atoms with E-state index in [9.17, 15) is 18.8 Å². The number of aromatic nitrogens is 1. The molecule has 1 N–H and O–H groups in total. The van der Waals surface area contributed by atoms with Gasteiger partial charge in [0.2, 0.25) is 5.88 Å². The van der Waals surface area contributed by atoms with Gasteiger partial charge in [0.25, 0.3) is 17.7 Å². The van der Waals surface area contributed by atoms with Crippen LogP contribution in [-0.2, 0) is 4.74 Å². The average molecular weight is 461 g/mol. The first kappa shape index (κ1) is 21.7. The SMILES string of the molecule is O=C(Nc1ccc(Oc2ccc(F)cc2)nc1)c1ccc2c(c1)C(=O)N(CC1CCCO1)C2=O. The number of nitrogens with one attached hydrogen (secondary N) is 1.